The van der Waals surface area contributed by atoms with E-state index in [2.05, 4.69) is 10.3 Å². The van der Waals surface area contributed by atoms with Gasteiger partial charge in [0.1, 0.15) is 0 Å². The van der Waals surface area contributed by atoms with Crippen molar-refractivity contribution in [1.29, 1.82) is 0 Å². The van der Waals surface area contributed by atoms with Crippen LogP contribution in [0.3, 0.4) is 0 Å². The molecule has 1 aromatic heterocycles. The first-order chi connectivity index (χ1) is 10.2. The van der Waals surface area contributed by atoms with Crippen LogP contribution in [0.1, 0.15) is 6.42 Å². The van der Waals surface area contributed by atoms with Crippen molar-refractivity contribution in [3.63, 3.8) is 0 Å². The highest BCUT2D eigenvalue weighted by atomic mass is 16.3. The van der Waals surface area contributed by atoms with Gasteiger partial charge in [0.05, 0.1) is 11.8 Å². The molecule has 0 spiro atoms. The molecule has 21 heavy (non-hydrogen) atoms. The number of hydrogen-bond acceptors (Lipinski definition) is 3. The van der Waals surface area contributed by atoms with Crippen LogP contribution >= 0.6 is 0 Å². The molecule has 0 radical (unpaired) electrons. The van der Waals surface area contributed by atoms with E-state index in [0.29, 0.717) is 19.5 Å². The Morgan fingerprint density at radius 2 is 2.00 bits per heavy atom. The number of carbonyl (C=O) groups is 1. The number of nitrogens with zero attached hydrogens (tertiary/aromatic N) is 2. The van der Waals surface area contributed by atoms with Crippen molar-refractivity contribution in [3.05, 3.63) is 48.8 Å². The molecule has 2 aromatic rings. The maximum Gasteiger partial charge on any atom is 0.321 e. The number of pyridine rings is 1. The Kier molecular flexibility index (Phi) is 3.83. The first kappa shape index (κ1) is 13.6. The number of para-hydroxylation sites is 1. The van der Waals surface area contributed by atoms with Crippen molar-refractivity contribution >= 4 is 11.7 Å². The second kappa shape index (κ2) is 5.93. The predicted octanol–water partition coefficient (Wildman–Crippen LogP) is 2.35. The van der Waals surface area contributed by atoms with Gasteiger partial charge in [0.2, 0.25) is 0 Å². The highest BCUT2D eigenvalue weighted by Crippen LogP contribution is 2.27. The second-order valence-electron chi connectivity index (χ2n) is 5.10. The minimum absolute atomic E-state index is 0.173. The van der Waals surface area contributed by atoms with Crippen molar-refractivity contribution in [2.75, 3.05) is 18.4 Å². The summed E-state index contributed by atoms with van der Waals surface area (Å²) in [5.41, 5.74) is 2.71. The molecule has 5 nitrogen and oxygen atoms in total. The quantitative estimate of drug-likeness (QED) is 0.889. The van der Waals surface area contributed by atoms with E-state index >= 15 is 0 Å². The molecule has 2 N–H and O–H groups in total. The van der Waals surface area contributed by atoms with Crippen LogP contribution in [0.25, 0.3) is 11.1 Å². The number of hydrogen-bond donors (Lipinski definition) is 2. The molecule has 1 unspecified atom stereocenters. The fourth-order valence-corrected chi connectivity index (χ4v) is 2.50. The van der Waals surface area contributed by atoms with Gasteiger partial charge in [0.15, 0.2) is 0 Å². The molecule has 1 atom stereocenters. The number of anilines is 1. The fraction of sp³-hybridized carbons (Fsp3) is 0.250. The zero-order chi connectivity index (χ0) is 14.7. The maximum atomic E-state index is 12.2. The third kappa shape index (κ3) is 3.03. The Bertz CT molecular complexity index is 630. The van der Waals surface area contributed by atoms with E-state index in [1.54, 1.807) is 17.3 Å². The molecule has 0 aliphatic carbocycles. The average Bonchev–Trinajstić information content (AvgIpc) is 2.95. The van der Waals surface area contributed by atoms with E-state index in [4.69, 9.17) is 0 Å². The number of rotatable bonds is 2. The molecule has 1 aromatic carbocycles. The largest absolute Gasteiger partial charge is 0.391 e. The Balaban J connectivity index is 1.81. The summed E-state index contributed by atoms with van der Waals surface area (Å²) in [6.07, 6.45) is 3.68. The van der Waals surface area contributed by atoms with Crippen molar-refractivity contribution in [1.82, 2.24) is 9.88 Å². The number of nitrogens with one attached hydrogen (secondary N) is 1. The number of urea groups is 1. The zero-order valence-corrected chi connectivity index (χ0v) is 11.6. The van der Waals surface area contributed by atoms with Crippen LogP contribution in [-0.2, 0) is 0 Å². The first-order valence-electron chi connectivity index (χ1n) is 6.97. The number of aliphatic hydroxyl groups is 1. The molecule has 108 valence electrons. The molecule has 0 saturated carbocycles. The molecular weight excluding hydrogens is 266 g/mol. The van der Waals surface area contributed by atoms with Gasteiger partial charge < -0.3 is 15.3 Å². The maximum absolute atomic E-state index is 12.2. The summed E-state index contributed by atoms with van der Waals surface area (Å²) in [6, 6.07) is 11.3. The van der Waals surface area contributed by atoms with E-state index in [1.807, 2.05) is 36.4 Å². The van der Waals surface area contributed by atoms with Gasteiger partial charge >= 0.3 is 6.03 Å². The van der Waals surface area contributed by atoms with Crippen molar-refractivity contribution in [3.8, 4) is 11.1 Å². The molecule has 1 fully saturated rings. The van der Waals surface area contributed by atoms with E-state index in [9.17, 15) is 9.90 Å². The van der Waals surface area contributed by atoms with Gasteiger partial charge in [-0.25, -0.2) is 4.79 Å². The SMILES string of the molecule is O=C(Nc1ccccc1-c1ccncc1)N1CCC(O)C1. The van der Waals surface area contributed by atoms with Gasteiger partial charge in [-0.05, 0) is 30.2 Å². The Labute approximate surface area is 123 Å². The van der Waals surface area contributed by atoms with Crippen molar-refractivity contribution in [2.45, 2.75) is 12.5 Å². The van der Waals surface area contributed by atoms with Crippen LogP contribution in [0.4, 0.5) is 10.5 Å². The van der Waals surface area contributed by atoms with Crippen LogP contribution in [0.5, 0.6) is 0 Å². The van der Waals surface area contributed by atoms with Crippen LogP contribution in [0.2, 0.25) is 0 Å². The number of benzene rings is 1. The molecule has 1 saturated heterocycles. The summed E-state index contributed by atoms with van der Waals surface area (Å²) >= 11 is 0. The average molecular weight is 283 g/mol. The molecule has 1 aliphatic rings. The summed E-state index contributed by atoms with van der Waals surface area (Å²) in [5.74, 6) is 0. The standard InChI is InChI=1S/C16H17N3O2/c20-13-7-10-19(11-13)16(21)18-15-4-2-1-3-14(15)12-5-8-17-9-6-12/h1-6,8-9,13,20H,7,10-11H2,(H,18,21). The lowest BCUT2D eigenvalue weighted by atomic mass is 10.1. The highest BCUT2D eigenvalue weighted by molar-refractivity contribution is 5.94. The molecule has 0 bridgehead atoms. The lowest BCUT2D eigenvalue weighted by Crippen LogP contribution is -2.33. The summed E-state index contributed by atoms with van der Waals surface area (Å²) in [4.78, 5) is 17.9. The topological polar surface area (TPSA) is 65.5 Å². The minimum atomic E-state index is -0.411. The molecule has 5 heteroatoms. The number of β-amino-alcohol motifs (C(OH)–C–C–N with tert-alkyl or cyclic N) is 1. The second-order valence-corrected chi connectivity index (χ2v) is 5.10. The summed E-state index contributed by atoms with van der Waals surface area (Å²) in [6.45, 7) is 0.980. The predicted molar refractivity (Wildman–Crippen MR) is 80.9 cm³/mol. The van der Waals surface area contributed by atoms with Gasteiger partial charge in [-0.1, -0.05) is 18.2 Å². The summed E-state index contributed by atoms with van der Waals surface area (Å²) in [5, 5.41) is 12.4. The molecule has 3 rings (SSSR count). The minimum Gasteiger partial charge on any atom is -0.391 e. The monoisotopic (exact) mass is 283 g/mol. The zero-order valence-electron chi connectivity index (χ0n) is 11.6. The van der Waals surface area contributed by atoms with Gasteiger partial charge in [-0.2, -0.15) is 0 Å². The molecule has 2 heterocycles. The molecular formula is C16H17N3O2. The van der Waals surface area contributed by atoms with Crippen LogP contribution in [0.15, 0.2) is 48.8 Å². The van der Waals surface area contributed by atoms with E-state index in [-0.39, 0.29) is 6.03 Å². The number of aliphatic hydroxyl groups excluding tert-OH is 1. The van der Waals surface area contributed by atoms with Crippen LogP contribution in [0, 0.1) is 0 Å². The third-order valence-electron chi connectivity index (χ3n) is 3.61. The Hall–Kier alpha value is -2.40. The molecule has 2 amide bonds. The van der Waals surface area contributed by atoms with E-state index in [0.717, 1.165) is 16.8 Å². The lowest BCUT2D eigenvalue weighted by molar-refractivity contribution is 0.176. The van der Waals surface area contributed by atoms with Gasteiger partial charge in [-0.3, -0.25) is 4.98 Å². The van der Waals surface area contributed by atoms with Crippen LogP contribution in [-0.4, -0.2) is 40.2 Å². The molecule has 1 aliphatic heterocycles. The third-order valence-corrected chi connectivity index (χ3v) is 3.61. The number of likely N-dealkylation sites (tertiary alicyclic amines) is 1. The first-order valence-corrected chi connectivity index (χ1v) is 6.97. The normalized spacial score (nSPS) is 17.8. The Morgan fingerprint density at radius 1 is 1.24 bits per heavy atom. The van der Waals surface area contributed by atoms with Gasteiger partial charge in [-0.15, -0.1) is 0 Å². The summed E-state index contributed by atoms with van der Waals surface area (Å²) in [7, 11) is 0. The number of carbonyl (C=O) groups excluding carboxylic acids is 1. The van der Waals surface area contributed by atoms with E-state index in [1.165, 1.54) is 0 Å². The van der Waals surface area contributed by atoms with Crippen molar-refractivity contribution in [2.24, 2.45) is 0 Å². The Morgan fingerprint density at radius 3 is 2.71 bits per heavy atom. The number of aromatic nitrogens is 1. The smallest absolute Gasteiger partial charge is 0.321 e. The van der Waals surface area contributed by atoms with Gasteiger partial charge in [0.25, 0.3) is 0 Å². The van der Waals surface area contributed by atoms with Crippen LogP contribution < -0.4 is 5.32 Å². The van der Waals surface area contributed by atoms with E-state index < -0.39 is 6.10 Å². The fourth-order valence-electron chi connectivity index (χ4n) is 2.50. The summed E-state index contributed by atoms with van der Waals surface area (Å²) < 4.78 is 0. The highest BCUT2D eigenvalue weighted by Gasteiger charge is 2.24. The number of amides is 2. The van der Waals surface area contributed by atoms with Gasteiger partial charge in [0, 0.05) is 31.0 Å². The lowest BCUT2D eigenvalue weighted by Gasteiger charge is -2.18. The van der Waals surface area contributed by atoms with Crippen molar-refractivity contribution < 1.29 is 9.90 Å².